The molecule has 0 aliphatic heterocycles. The van der Waals surface area contributed by atoms with E-state index in [0.717, 1.165) is 39.0 Å². The SMILES string of the molecule is CC(=O)c1ccn2c(-c3ccccc3)c(-c3ccccc3)c(C(O)c3ccccc3)c2c1. The molecule has 2 heterocycles. The van der Waals surface area contributed by atoms with Crippen LogP contribution in [0.3, 0.4) is 0 Å². The van der Waals surface area contributed by atoms with Gasteiger partial charge in [-0.05, 0) is 35.7 Å². The molecule has 0 bridgehead atoms. The molecule has 1 unspecified atom stereocenters. The molecule has 0 radical (unpaired) electrons. The van der Waals surface area contributed by atoms with E-state index in [2.05, 4.69) is 28.7 Å². The van der Waals surface area contributed by atoms with Crippen LogP contribution in [0.4, 0.5) is 0 Å². The predicted octanol–water partition coefficient (Wildman–Crippen LogP) is 6.56. The van der Waals surface area contributed by atoms with Crippen molar-refractivity contribution in [3.63, 3.8) is 0 Å². The zero-order valence-corrected chi connectivity index (χ0v) is 17.8. The van der Waals surface area contributed by atoms with Crippen LogP contribution < -0.4 is 0 Å². The first-order valence-electron chi connectivity index (χ1n) is 10.7. The van der Waals surface area contributed by atoms with Crippen LogP contribution in [0.2, 0.25) is 0 Å². The number of aliphatic hydroxyl groups is 1. The Bertz CT molecular complexity index is 1390. The molecule has 1 N–H and O–H groups in total. The van der Waals surface area contributed by atoms with Gasteiger partial charge in [0.15, 0.2) is 5.78 Å². The molecule has 5 aromatic rings. The molecule has 0 amide bonds. The van der Waals surface area contributed by atoms with E-state index < -0.39 is 6.10 Å². The minimum absolute atomic E-state index is 0.00336. The number of hydrogen-bond acceptors (Lipinski definition) is 2. The predicted molar refractivity (Wildman–Crippen MR) is 129 cm³/mol. The molecule has 0 spiro atoms. The van der Waals surface area contributed by atoms with Crippen molar-refractivity contribution in [2.75, 3.05) is 0 Å². The van der Waals surface area contributed by atoms with Gasteiger partial charge in [0.1, 0.15) is 6.10 Å². The third-order valence-corrected chi connectivity index (χ3v) is 5.88. The van der Waals surface area contributed by atoms with Crippen LogP contribution in [-0.2, 0) is 0 Å². The number of carbonyl (C=O) groups excluding carboxylic acids is 1. The van der Waals surface area contributed by atoms with Crippen LogP contribution in [0, 0.1) is 0 Å². The highest BCUT2D eigenvalue weighted by Crippen LogP contribution is 2.44. The summed E-state index contributed by atoms with van der Waals surface area (Å²) < 4.78 is 2.09. The summed E-state index contributed by atoms with van der Waals surface area (Å²) in [6.07, 6.45) is 1.09. The number of hydrogen-bond donors (Lipinski definition) is 1. The number of benzene rings is 3. The average Bonchev–Trinajstić information content (AvgIpc) is 3.19. The first-order chi connectivity index (χ1) is 15.6. The smallest absolute Gasteiger partial charge is 0.159 e. The summed E-state index contributed by atoms with van der Waals surface area (Å²) in [4.78, 5) is 12.2. The molecule has 3 heteroatoms. The zero-order valence-electron chi connectivity index (χ0n) is 17.8. The third-order valence-electron chi connectivity index (χ3n) is 5.88. The molecule has 0 aliphatic carbocycles. The van der Waals surface area contributed by atoms with Gasteiger partial charge in [-0.25, -0.2) is 0 Å². The van der Waals surface area contributed by atoms with Gasteiger partial charge in [0.05, 0.1) is 11.2 Å². The second kappa shape index (κ2) is 8.29. The first-order valence-corrected chi connectivity index (χ1v) is 10.7. The van der Waals surface area contributed by atoms with Crippen molar-refractivity contribution in [2.45, 2.75) is 13.0 Å². The third kappa shape index (κ3) is 3.43. The van der Waals surface area contributed by atoms with Crippen molar-refractivity contribution in [2.24, 2.45) is 0 Å². The van der Waals surface area contributed by atoms with Crippen molar-refractivity contribution in [1.82, 2.24) is 4.40 Å². The van der Waals surface area contributed by atoms with E-state index >= 15 is 0 Å². The number of ketones is 1. The van der Waals surface area contributed by atoms with E-state index in [1.165, 1.54) is 0 Å². The zero-order chi connectivity index (χ0) is 22.1. The Morgan fingerprint density at radius 2 is 1.34 bits per heavy atom. The molecule has 0 fully saturated rings. The van der Waals surface area contributed by atoms with Gasteiger partial charge >= 0.3 is 0 Å². The van der Waals surface area contributed by atoms with E-state index in [0.29, 0.717) is 5.56 Å². The van der Waals surface area contributed by atoms with Crippen LogP contribution in [-0.4, -0.2) is 15.3 Å². The van der Waals surface area contributed by atoms with Crippen LogP contribution in [0.5, 0.6) is 0 Å². The molecule has 5 rings (SSSR count). The van der Waals surface area contributed by atoms with Crippen LogP contribution in [0.1, 0.15) is 34.5 Å². The lowest BCUT2D eigenvalue weighted by molar-refractivity contribution is 0.101. The maximum Gasteiger partial charge on any atom is 0.159 e. The van der Waals surface area contributed by atoms with Gasteiger partial charge in [0.2, 0.25) is 0 Å². The molecule has 1 atom stereocenters. The highest BCUT2D eigenvalue weighted by molar-refractivity contribution is 5.98. The molecule has 156 valence electrons. The number of Topliss-reactive ketones (excluding diaryl/α,β-unsaturated/α-hetero) is 1. The van der Waals surface area contributed by atoms with E-state index in [9.17, 15) is 9.90 Å². The van der Waals surface area contributed by atoms with Crippen molar-refractivity contribution >= 4 is 11.3 Å². The maximum absolute atomic E-state index is 12.2. The fourth-order valence-corrected chi connectivity index (χ4v) is 4.35. The summed E-state index contributed by atoms with van der Waals surface area (Å²) in [5.41, 5.74) is 7.07. The summed E-state index contributed by atoms with van der Waals surface area (Å²) in [6, 6.07) is 33.7. The summed E-state index contributed by atoms with van der Waals surface area (Å²) in [6.45, 7) is 1.57. The van der Waals surface area contributed by atoms with E-state index in [-0.39, 0.29) is 5.78 Å². The first kappa shape index (κ1) is 20.0. The number of rotatable bonds is 5. The quantitative estimate of drug-likeness (QED) is 0.329. The second-order valence-corrected chi connectivity index (χ2v) is 7.91. The van der Waals surface area contributed by atoms with Crippen LogP contribution in [0.15, 0.2) is 109 Å². The Hall–Kier alpha value is -3.95. The monoisotopic (exact) mass is 417 g/mol. The second-order valence-electron chi connectivity index (χ2n) is 7.91. The minimum atomic E-state index is -0.846. The van der Waals surface area contributed by atoms with Gasteiger partial charge in [0, 0.05) is 22.9 Å². The van der Waals surface area contributed by atoms with Gasteiger partial charge < -0.3 is 9.51 Å². The normalized spacial score (nSPS) is 12.1. The summed E-state index contributed by atoms with van der Waals surface area (Å²) in [5.74, 6) is -0.00336. The van der Waals surface area contributed by atoms with Gasteiger partial charge in [-0.3, -0.25) is 4.79 Å². The Morgan fingerprint density at radius 1 is 0.781 bits per heavy atom. The fraction of sp³-hybridized carbons (Fsp3) is 0.0690. The maximum atomic E-state index is 12.2. The number of aliphatic hydroxyl groups excluding tert-OH is 1. The topological polar surface area (TPSA) is 41.7 Å². The lowest BCUT2D eigenvalue weighted by atomic mass is 9.92. The van der Waals surface area contributed by atoms with Gasteiger partial charge in [-0.2, -0.15) is 0 Å². The number of aromatic nitrogens is 1. The number of fused-ring (bicyclic) bond motifs is 1. The van der Waals surface area contributed by atoms with Crippen molar-refractivity contribution < 1.29 is 9.90 Å². The van der Waals surface area contributed by atoms with E-state index in [1.807, 2.05) is 85.1 Å². The van der Waals surface area contributed by atoms with E-state index in [1.54, 1.807) is 6.92 Å². The standard InChI is InChI=1S/C29H23NO2/c1-20(31)24-17-18-30-25(19-24)27(29(32)23-15-9-4-10-16-23)26(21-11-5-2-6-12-21)28(30)22-13-7-3-8-14-22/h2-19,29,32H,1H3. The summed E-state index contributed by atoms with van der Waals surface area (Å²) in [5, 5.41) is 11.6. The van der Waals surface area contributed by atoms with Crippen molar-refractivity contribution in [3.05, 3.63) is 126 Å². The Kier molecular flexibility index (Phi) is 5.18. The summed E-state index contributed by atoms with van der Waals surface area (Å²) >= 11 is 0. The van der Waals surface area contributed by atoms with Crippen LogP contribution >= 0.6 is 0 Å². The van der Waals surface area contributed by atoms with Gasteiger partial charge in [0.25, 0.3) is 0 Å². The fourth-order valence-electron chi connectivity index (χ4n) is 4.35. The van der Waals surface area contributed by atoms with Gasteiger partial charge in [-0.15, -0.1) is 0 Å². The number of pyridine rings is 1. The van der Waals surface area contributed by atoms with Crippen molar-refractivity contribution in [3.8, 4) is 22.4 Å². The highest BCUT2D eigenvalue weighted by Gasteiger charge is 2.26. The number of carbonyl (C=O) groups is 1. The van der Waals surface area contributed by atoms with Crippen LogP contribution in [0.25, 0.3) is 27.9 Å². The lowest BCUT2D eigenvalue weighted by Crippen LogP contribution is -2.02. The van der Waals surface area contributed by atoms with Crippen molar-refractivity contribution in [1.29, 1.82) is 0 Å². The molecule has 0 saturated carbocycles. The molecule has 3 nitrogen and oxygen atoms in total. The molecule has 0 saturated heterocycles. The van der Waals surface area contributed by atoms with Gasteiger partial charge in [-0.1, -0.05) is 91.0 Å². The molecular weight excluding hydrogens is 394 g/mol. The molecular formula is C29H23NO2. The largest absolute Gasteiger partial charge is 0.384 e. The summed E-state index contributed by atoms with van der Waals surface area (Å²) in [7, 11) is 0. The molecule has 3 aromatic carbocycles. The molecule has 0 aliphatic rings. The lowest BCUT2D eigenvalue weighted by Gasteiger charge is -2.15. The Labute approximate surface area is 187 Å². The Balaban J connectivity index is 1.93. The van der Waals surface area contributed by atoms with E-state index in [4.69, 9.17) is 0 Å². The highest BCUT2D eigenvalue weighted by atomic mass is 16.3. The molecule has 2 aromatic heterocycles. The Morgan fingerprint density at radius 3 is 1.94 bits per heavy atom. The average molecular weight is 418 g/mol. The number of nitrogens with zero attached hydrogens (tertiary/aromatic N) is 1. The minimum Gasteiger partial charge on any atom is -0.384 e. The molecule has 32 heavy (non-hydrogen) atoms.